The van der Waals surface area contributed by atoms with Crippen molar-refractivity contribution in [2.45, 2.75) is 5.41 Å². The maximum absolute atomic E-state index is 6.50. The largest absolute Gasteiger partial charge is 0.455 e. The fourth-order valence-electron chi connectivity index (χ4n) is 8.80. The van der Waals surface area contributed by atoms with Gasteiger partial charge in [-0.2, -0.15) is 0 Å². The number of benzene rings is 8. The molecule has 1 aliphatic rings. The normalized spacial score (nSPS) is 13.0. The van der Waals surface area contributed by atoms with Gasteiger partial charge < -0.3 is 4.42 Å². The minimum Gasteiger partial charge on any atom is -0.455 e. The monoisotopic (exact) mass is 688 g/mol. The van der Waals surface area contributed by atoms with E-state index >= 15 is 0 Å². The Hall–Kier alpha value is -7.10. The van der Waals surface area contributed by atoms with Crippen LogP contribution in [-0.4, -0.2) is 9.97 Å². The van der Waals surface area contributed by atoms with Crippen molar-refractivity contribution in [3.8, 4) is 44.9 Å². The topological polar surface area (TPSA) is 38.9 Å². The molecule has 0 amide bonds. The van der Waals surface area contributed by atoms with Crippen molar-refractivity contribution in [3.05, 3.63) is 216 Å². The smallest absolute Gasteiger partial charge is 0.160 e. The maximum Gasteiger partial charge on any atom is 0.160 e. The highest BCUT2D eigenvalue weighted by Gasteiger charge is 2.45. The molecule has 0 aliphatic heterocycles. The zero-order valence-corrected chi connectivity index (χ0v) is 29.3. The third kappa shape index (κ3) is 4.49. The van der Waals surface area contributed by atoms with Crippen LogP contribution in [0.1, 0.15) is 22.3 Å². The average molecular weight is 689 g/mol. The Morgan fingerprint density at radius 3 is 1.83 bits per heavy atom. The predicted molar refractivity (Wildman–Crippen MR) is 220 cm³/mol. The highest BCUT2D eigenvalue weighted by molar-refractivity contribution is 6.17. The lowest BCUT2D eigenvalue weighted by atomic mass is 9.67. The van der Waals surface area contributed by atoms with Crippen molar-refractivity contribution in [1.29, 1.82) is 0 Å². The second kappa shape index (κ2) is 12.0. The summed E-state index contributed by atoms with van der Waals surface area (Å²) in [5.74, 6) is 0.678. The van der Waals surface area contributed by atoms with Crippen LogP contribution in [0, 0.1) is 0 Å². The third-order valence-corrected chi connectivity index (χ3v) is 11.2. The number of fused-ring (bicyclic) bond motifs is 8. The van der Waals surface area contributed by atoms with Crippen LogP contribution in [0.5, 0.6) is 0 Å². The molecule has 2 heterocycles. The molecule has 0 unspecified atom stereocenters. The molecule has 11 rings (SSSR count). The molecule has 0 saturated carbocycles. The van der Waals surface area contributed by atoms with Gasteiger partial charge in [-0.1, -0.05) is 164 Å². The lowest BCUT2D eigenvalue weighted by molar-refractivity contribution is 0.672. The molecule has 3 nitrogen and oxygen atoms in total. The van der Waals surface area contributed by atoms with Crippen LogP contribution in [0.4, 0.5) is 0 Å². The molecule has 1 aliphatic carbocycles. The summed E-state index contributed by atoms with van der Waals surface area (Å²) in [4.78, 5) is 10.5. The number of nitrogens with zero attached hydrogens (tertiary/aromatic N) is 2. The first-order valence-corrected chi connectivity index (χ1v) is 18.4. The van der Waals surface area contributed by atoms with E-state index in [-0.39, 0.29) is 0 Å². The lowest BCUT2D eigenvalue weighted by Gasteiger charge is -2.33. The summed E-state index contributed by atoms with van der Waals surface area (Å²) in [6.07, 6.45) is 0. The SMILES string of the molecule is c1ccc(-c2nc(-c3cccc(-c4ccc5c(c4)-c4ccccc4C5(c4ccccc4)c4ccccc4)c3)nc3ccc4c5ccccc5oc4c23)cc1. The zero-order valence-electron chi connectivity index (χ0n) is 29.3. The quantitative estimate of drug-likeness (QED) is 0.181. The molecule has 2 aromatic heterocycles. The number of aromatic nitrogens is 2. The highest BCUT2D eigenvalue weighted by Crippen LogP contribution is 2.56. The van der Waals surface area contributed by atoms with Gasteiger partial charge in [-0.15, -0.1) is 0 Å². The summed E-state index contributed by atoms with van der Waals surface area (Å²) in [6.45, 7) is 0. The number of para-hydroxylation sites is 1. The molecule has 0 atom stereocenters. The average Bonchev–Trinajstić information content (AvgIpc) is 3.78. The van der Waals surface area contributed by atoms with Crippen molar-refractivity contribution in [2.24, 2.45) is 0 Å². The van der Waals surface area contributed by atoms with Gasteiger partial charge >= 0.3 is 0 Å². The minimum absolute atomic E-state index is 0.424. The molecular formula is C51H32N2O. The molecule has 0 N–H and O–H groups in total. The van der Waals surface area contributed by atoms with Gasteiger partial charge in [-0.25, -0.2) is 9.97 Å². The van der Waals surface area contributed by atoms with Gasteiger partial charge in [0.2, 0.25) is 0 Å². The van der Waals surface area contributed by atoms with E-state index in [9.17, 15) is 0 Å². The minimum atomic E-state index is -0.424. The first-order chi connectivity index (χ1) is 26.8. The number of hydrogen-bond acceptors (Lipinski definition) is 3. The molecule has 54 heavy (non-hydrogen) atoms. The van der Waals surface area contributed by atoms with Gasteiger partial charge in [0.1, 0.15) is 11.2 Å². The molecule has 252 valence electrons. The molecule has 3 heteroatoms. The Morgan fingerprint density at radius 2 is 1.04 bits per heavy atom. The zero-order chi connectivity index (χ0) is 35.6. The van der Waals surface area contributed by atoms with Gasteiger partial charge in [-0.3, -0.25) is 0 Å². The third-order valence-electron chi connectivity index (χ3n) is 11.2. The van der Waals surface area contributed by atoms with Crippen LogP contribution in [0.2, 0.25) is 0 Å². The maximum atomic E-state index is 6.50. The Morgan fingerprint density at radius 1 is 0.407 bits per heavy atom. The van der Waals surface area contributed by atoms with E-state index in [1.807, 2.05) is 18.2 Å². The summed E-state index contributed by atoms with van der Waals surface area (Å²) in [6, 6.07) is 69.2. The van der Waals surface area contributed by atoms with Crippen molar-refractivity contribution in [2.75, 3.05) is 0 Å². The molecular weight excluding hydrogens is 657 g/mol. The van der Waals surface area contributed by atoms with E-state index in [2.05, 4.69) is 176 Å². The standard InChI is InChI=1S/C51H32N2O/c1-4-15-33(16-5-1)48-47-45(30-28-41-40-24-11-13-26-46(40)54-49(41)47)52-50(53-48)36-18-14-17-34(31-36)35-27-29-44-42(32-35)39-23-10-12-25-43(39)51(44,37-19-6-2-7-20-37)38-21-8-3-9-22-38/h1-32H. The Balaban J connectivity index is 1.09. The number of rotatable bonds is 5. The first-order valence-electron chi connectivity index (χ1n) is 18.4. The fourth-order valence-corrected chi connectivity index (χ4v) is 8.80. The second-order valence-corrected chi connectivity index (χ2v) is 14.1. The van der Waals surface area contributed by atoms with Crippen LogP contribution >= 0.6 is 0 Å². The molecule has 0 fully saturated rings. The van der Waals surface area contributed by atoms with Crippen molar-refractivity contribution < 1.29 is 4.42 Å². The summed E-state index contributed by atoms with van der Waals surface area (Å²) >= 11 is 0. The van der Waals surface area contributed by atoms with E-state index in [1.54, 1.807) is 0 Å². The van der Waals surface area contributed by atoms with Gasteiger partial charge in [0, 0.05) is 21.9 Å². The van der Waals surface area contributed by atoms with Gasteiger partial charge in [-0.05, 0) is 74.8 Å². The van der Waals surface area contributed by atoms with Gasteiger partial charge in [0.25, 0.3) is 0 Å². The number of furan rings is 1. The second-order valence-electron chi connectivity index (χ2n) is 14.1. The Bertz CT molecular complexity index is 3000. The van der Waals surface area contributed by atoms with Crippen molar-refractivity contribution in [3.63, 3.8) is 0 Å². The van der Waals surface area contributed by atoms with E-state index in [0.717, 1.165) is 60.8 Å². The van der Waals surface area contributed by atoms with Crippen LogP contribution in [0.15, 0.2) is 199 Å². The van der Waals surface area contributed by atoms with Gasteiger partial charge in [0.05, 0.1) is 22.0 Å². The molecule has 0 radical (unpaired) electrons. The summed E-state index contributed by atoms with van der Waals surface area (Å²) < 4.78 is 6.50. The Kier molecular flexibility index (Phi) is 6.77. The van der Waals surface area contributed by atoms with Crippen molar-refractivity contribution in [1.82, 2.24) is 9.97 Å². The van der Waals surface area contributed by atoms with Crippen molar-refractivity contribution >= 4 is 32.8 Å². The summed E-state index contributed by atoms with van der Waals surface area (Å²) in [5, 5.41) is 3.08. The molecule has 0 saturated heterocycles. The fraction of sp³-hybridized carbons (Fsp3) is 0.0196. The van der Waals surface area contributed by atoms with E-state index in [4.69, 9.17) is 14.4 Å². The predicted octanol–water partition coefficient (Wildman–Crippen LogP) is 12.9. The molecule has 10 aromatic rings. The van der Waals surface area contributed by atoms with Crippen LogP contribution < -0.4 is 0 Å². The van der Waals surface area contributed by atoms with Crippen LogP contribution in [0.25, 0.3) is 77.7 Å². The summed E-state index contributed by atoms with van der Waals surface area (Å²) in [7, 11) is 0. The molecule has 0 spiro atoms. The van der Waals surface area contributed by atoms with Crippen LogP contribution in [0.3, 0.4) is 0 Å². The first kappa shape index (κ1) is 30.5. The van der Waals surface area contributed by atoms with Gasteiger partial charge in [0.15, 0.2) is 5.82 Å². The highest BCUT2D eigenvalue weighted by atomic mass is 16.3. The lowest BCUT2D eigenvalue weighted by Crippen LogP contribution is -2.28. The number of hydrogen-bond donors (Lipinski definition) is 0. The van der Waals surface area contributed by atoms with E-state index in [1.165, 1.54) is 33.4 Å². The molecule has 0 bridgehead atoms. The van der Waals surface area contributed by atoms with E-state index in [0.29, 0.717) is 5.82 Å². The Labute approximate surface area is 312 Å². The summed E-state index contributed by atoms with van der Waals surface area (Å²) in [5.41, 5.74) is 14.8. The van der Waals surface area contributed by atoms with Crippen LogP contribution in [-0.2, 0) is 5.41 Å². The molecule has 8 aromatic carbocycles. The van der Waals surface area contributed by atoms with E-state index < -0.39 is 5.41 Å².